The van der Waals surface area contributed by atoms with E-state index in [1.54, 1.807) is 0 Å². The fourth-order valence-electron chi connectivity index (χ4n) is 3.58. The third kappa shape index (κ3) is 3.60. The molecule has 0 spiro atoms. The van der Waals surface area contributed by atoms with Gasteiger partial charge in [-0.15, -0.1) is 0 Å². The number of ether oxygens (including phenoxy) is 1. The third-order valence-electron chi connectivity index (χ3n) is 5.09. The highest BCUT2D eigenvalue weighted by atomic mass is 16.5. The average Bonchev–Trinajstić information content (AvgIpc) is 3.11. The van der Waals surface area contributed by atoms with Crippen molar-refractivity contribution < 1.29 is 9.53 Å². The van der Waals surface area contributed by atoms with Crippen LogP contribution in [0.2, 0.25) is 0 Å². The molecule has 6 nitrogen and oxygen atoms in total. The Bertz CT molecular complexity index is 777. The number of nitrogens with one attached hydrogen (secondary N) is 1. The van der Waals surface area contributed by atoms with Gasteiger partial charge in [0.15, 0.2) is 0 Å². The van der Waals surface area contributed by atoms with Gasteiger partial charge in [-0.1, -0.05) is 6.08 Å². The van der Waals surface area contributed by atoms with Gasteiger partial charge >= 0.3 is 0 Å². The van der Waals surface area contributed by atoms with Gasteiger partial charge in [0.05, 0.1) is 24.2 Å². The van der Waals surface area contributed by atoms with Crippen molar-refractivity contribution in [2.75, 3.05) is 45.9 Å². The number of rotatable bonds is 4. The molecule has 0 saturated carbocycles. The number of carbonyl (C=O) groups is 1. The van der Waals surface area contributed by atoms with E-state index < -0.39 is 0 Å². The van der Waals surface area contributed by atoms with E-state index in [0.717, 1.165) is 62.4 Å². The van der Waals surface area contributed by atoms with Gasteiger partial charge in [-0.25, -0.2) is 0 Å². The van der Waals surface area contributed by atoms with Gasteiger partial charge < -0.3 is 14.6 Å². The Balaban J connectivity index is 1.36. The summed E-state index contributed by atoms with van der Waals surface area (Å²) >= 11 is 0. The van der Waals surface area contributed by atoms with Crippen molar-refractivity contribution in [1.82, 2.24) is 19.8 Å². The largest absolute Gasteiger partial charge is 0.379 e. The minimum atomic E-state index is 0.249. The summed E-state index contributed by atoms with van der Waals surface area (Å²) in [6.07, 6.45) is 7.50. The molecule has 1 amide bonds. The van der Waals surface area contributed by atoms with Gasteiger partial charge in [0.25, 0.3) is 0 Å². The van der Waals surface area contributed by atoms with Crippen LogP contribution in [-0.4, -0.2) is 71.6 Å². The average molecular weight is 340 g/mol. The van der Waals surface area contributed by atoms with E-state index in [0.29, 0.717) is 13.0 Å². The first-order valence-electron chi connectivity index (χ1n) is 9.00. The molecule has 0 radical (unpaired) electrons. The Morgan fingerprint density at radius 1 is 1.28 bits per heavy atom. The highest BCUT2D eigenvalue weighted by Crippen LogP contribution is 2.27. The molecule has 6 heteroatoms. The number of aromatic amines is 1. The lowest BCUT2D eigenvalue weighted by atomic mass is 10.0. The van der Waals surface area contributed by atoms with Crippen LogP contribution < -0.4 is 0 Å². The van der Waals surface area contributed by atoms with Crippen molar-refractivity contribution in [3.8, 4) is 0 Å². The Hall–Kier alpha value is -2.18. The third-order valence-corrected chi connectivity index (χ3v) is 5.09. The quantitative estimate of drug-likeness (QED) is 0.923. The lowest BCUT2D eigenvalue weighted by Gasteiger charge is -2.29. The van der Waals surface area contributed by atoms with Crippen LogP contribution in [0.4, 0.5) is 0 Å². The first-order chi connectivity index (χ1) is 12.3. The lowest BCUT2D eigenvalue weighted by Crippen LogP contribution is -2.40. The number of aromatic nitrogens is 2. The summed E-state index contributed by atoms with van der Waals surface area (Å²) in [7, 11) is 0. The highest BCUT2D eigenvalue weighted by molar-refractivity contribution is 5.90. The maximum atomic E-state index is 12.5. The molecule has 1 fully saturated rings. The SMILES string of the molecule is O=C(CCN1CCOCC1)N1CC=C(c2c[nH]c3cccnc23)CC1. The highest BCUT2D eigenvalue weighted by Gasteiger charge is 2.20. The molecule has 0 aliphatic carbocycles. The summed E-state index contributed by atoms with van der Waals surface area (Å²) in [5.41, 5.74) is 4.52. The van der Waals surface area contributed by atoms with Crippen LogP contribution in [0.5, 0.6) is 0 Å². The van der Waals surface area contributed by atoms with Crippen LogP contribution in [0.1, 0.15) is 18.4 Å². The second-order valence-corrected chi connectivity index (χ2v) is 6.63. The molecule has 0 bridgehead atoms. The number of pyridine rings is 1. The van der Waals surface area contributed by atoms with E-state index in [1.807, 2.05) is 29.4 Å². The van der Waals surface area contributed by atoms with Crippen LogP contribution >= 0.6 is 0 Å². The second kappa shape index (κ2) is 7.37. The molecule has 2 aliphatic rings. The standard InChI is InChI=1S/C19H24N4O2/c24-18(5-7-22-10-12-25-13-11-22)23-8-3-15(4-9-23)16-14-21-17-2-1-6-20-19(16)17/h1-3,6,14,21H,4-5,7-13H2. The predicted octanol–water partition coefficient (Wildman–Crippen LogP) is 1.90. The molecule has 0 aromatic carbocycles. The molecule has 2 aliphatic heterocycles. The maximum absolute atomic E-state index is 12.5. The van der Waals surface area contributed by atoms with Crippen molar-refractivity contribution in [3.05, 3.63) is 36.2 Å². The molecular weight excluding hydrogens is 316 g/mol. The Labute approximate surface area is 147 Å². The molecule has 4 heterocycles. The van der Waals surface area contributed by atoms with Crippen LogP contribution in [0.15, 0.2) is 30.6 Å². The first-order valence-corrected chi connectivity index (χ1v) is 9.00. The van der Waals surface area contributed by atoms with Crippen molar-refractivity contribution in [3.63, 3.8) is 0 Å². The number of carbonyl (C=O) groups excluding carboxylic acids is 1. The monoisotopic (exact) mass is 340 g/mol. The minimum absolute atomic E-state index is 0.249. The zero-order chi connectivity index (χ0) is 17.1. The molecule has 25 heavy (non-hydrogen) atoms. The number of fused-ring (bicyclic) bond motifs is 1. The van der Waals surface area contributed by atoms with Gasteiger partial charge in [0.2, 0.25) is 5.91 Å². The van der Waals surface area contributed by atoms with Gasteiger partial charge in [0, 0.05) is 57.1 Å². The molecular formula is C19H24N4O2. The van der Waals surface area contributed by atoms with E-state index in [2.05, 4.69) is 20.9 Å². The van der Waals surface area contributed by atoms with Crippen molar-refractivity contribution in [2.45, 2.75) is 12.8 Å². The molecule has 4 rings (SSSR count). The van der Waals surface area contributed by atoms with Crippen LogP contribution in [0.25, 0.3) is 16.6 Å². The number of hydrogen-bond acceptors (Lipinski definition) is 4. The summed E-state index contributed by atoms with van der Waals surface area (Å²) in [5, 5.41) is 0. The van der Waals surface area contributed by atoms with E-state index in [9.17, 15) is 4.79 Å². The van der Waals surface area contributed by atoms with Crippen LogP contribution in [0.3, 0.4) is 0 Å². The Morgan fingerprint density at radius 2 is 2.16 bits per heavy atom. The van der Waals surface area contributed by atoms with Crippen molar-refractivity contribution >= 4 is 22.5 Å². The Kier molecular flexibility index (Phi) is 4.81. The fourth-order valence-corrected chi connectivity index (χ4v) is 3.58. The summed E-state index contributed by atoms with van der Waals surface area (Å²) < 4.78 is 5.35. The predicted molar refractivity (Wildman–Crippen MR) is 97.1 cm³/mol. The van der Waals surface area contributed by atoms with Crippen molar-refractivity contribution in [2.24, 2.45) is 0 Å². The zero-order valence-electron chi connectivity index (χ0n) is 14.4. The van der Waals surface area contributed by atoms with Gasteiger partial charge in [0.1, 0.15) is 0 Å². The number of hydrogen-bond donors (Lipinski definition) is 1. The summed E-state index contributed by atoms with van der Waals surface area (Å²) in [5.74, 6) is 0.249. The summed E-state index contributed by atoms with van der Waals surface area (Å²) in [4.78, 5) is 24.5. The number of nitrogens with zero attached hydrogens (tertiary/aromatic N) is 3. The van der Waals surface area contributed by atoms with E-state index >= 15 is 0 Å². The van der Waals surface area contributed by atoms with Crippen molar-refractivity contribution in [1.29, 1.82) is 0 Å². The molecule has 1 saturated heterocycles. The summed E-state index contributed by atoms with van der Waals surface area (Å²) in [6, 6.07) is 3.98. The molecule has 0 atom stereocenters. The fraction of sp³-hybridized carbons (Fsp3) is 0.474. The number of H-pyrrole nitrogens is 1. The molecule has 1 N–H and O–H groups in total. The van der Waals surface area contributed by atoms with Gasteiger partial charge in [-0.2, -0.15) is 0 Å². The van der Waals surface area contributed by atoms with Gasteiger partial charge in [-0.3, -0.25) is 14.7 Å². The molecule has 2 aromatic heterocycles. The van der Waals surface area contributed by atoms with E-state index in [4.69, 9.17) is 4.74 Å². The van der Waals surface area contributed by atoms with Crippen LogP contribution in [0, 0.1) is 0 Å². The van der Waals surface area contributed by atoms with E-state index in [-0.39, 0.29) is 5.91 Å². The second-order valence-electron chi connectivity index (χ2n) is 6.63. The maximum Gasteiger partial charge on any atom is 0.224 e. The smallest absolute Gasteiger partial charge is 0.224 e. The molecule has 0 unspecified atom stereocenters. The number of morpholine rings is 1. The van der Waals surface area contributed by atoms with Crippen LogP contribution in [-0.2, 0) is 9.53 Å². The lowest BCUT2D eigenvalue weighted by molar-refractivity contribution is -0.131. The molecule has 132 valence electrons. The minimum Gasteiger partial charge on any atom is -0.379 e. The Morgan fingerprint density at radius 3 is 2.96 bits per heavy atom. The normalized spacial score (nSPS) is 19.2. The van der Waals surface area contributed by atoms with E-state index in [1.165, 1.54) is 5.57 Å². The number of amides is 1. The zero-order valence-corrected chi connectivity index (χ0v) is 14.4. The first kappa shape index (κ1) is 16.3. The topological polar surface area (TPSA) is 61.5 Å². The summed E-state index contributed by atoms with van der Waals surface area (Å²) in [6.45, 7) is 5.74. The van der Waals surface area contributed by atoms with Gasteiger partial charge in [-0.05, 0) is 24.1 Å². The molecule has 2 aromatic rings.